The highest BCUT2D eigenvalue weighted by Crippen LogP contribution is 2.28. The van der Waals surface area contributed by atoms with Crippen molar-refractivity contribution >= 4 is 17.7 Å². The average Bonchev–Trinajstić information content (AvgIpc) is 2.27. The van der Waals surface area contributed by atoms with E-state index >= 15 is 0 Å². The Morgan fingerprint density at radius 1 is 1.56 bits per heavy atom. The molecule has 3 N–H and O–H groups in total. The van der Waals surface area contributed by atoms with Crippen LogP contribution in [0.4, 0.5) is 5.82 Å². The van der Waals surface area contributed by atoms with Crippen molar-refractivity contribution in [3.63, 3.8) is 0 Å². The van der Waals surface area contributed by atoms with Crippen molar-refractivity contribution in [1.29, 1.82) is 0 Å². The second-order valence-electron chi connectivity index (χ2n) is 4.56. The van der Waals surface area contributed by atoms with Gasteiger partial charge in [-0.2, -0.15) is 0 Å². The lowest BCUT2D eigenvalue weighted by molar-refractivity contribution is -0.143. The normalized spacial score (nSPS) is 17.1. The van der Waals surface area contributed by atoms with E-state index in [0.29, 0.717) is 24.5 Å². The predicted molar refractivity (Wildman–Crippen MR) is 65.3 cm³/mol. The Labute approximate surface area is 104 Å². The van der Waals surface area contributed by atoms with Gasteiger partial charge >= 0.3 is 5.97 Å². The third-order valence-electron chi connectivity index (χ3n) is 3.36. The molecule has 0 spiro atoms. The molecule has 1 unspecified atom stereocenters. The minimum Gasteiger partial charge on any atom is -0.481 e. The molecule has 1 amide bonds. The smallest absolute Gasteiger partial charge is 0.306 e. The van der Waals surface area contributed by atoms with Crippen LogP contribution in [0.2, 0.25) is 0 Å². The molecule has 0 radical (unpaired) electrons. The summed E-state index contributed by atoms with van der Waals surface area (Å²) in [4.78, 5) is 28.0. The van der Waals surface area contributed by atoms with Crippen LogP contribution >= 0.6 is 0 Å². The first-order chi connectivity index (χ1) is 8.49. The molecule has 96 valence electrons. The van der Waals surface area contributed by atoms with E-state index in [1.165, 1.54) is 6.20 Å². The Bertz CT molecular complexity index is 483. The molecule has 1 aliphatic heterocycles. The molecule has 1 aromatic rings. The maximum atomic E-state index is 11.0. The number of carboxylic acids is 1. The Balaban J connectivity index is 2.02. The maximum Gasteiger partial charge on any atom is 0.306 e. The first-order valence-electron chi connectivity index (χ1n) is 5.72. The van der Waals surface area contributed by atoms with Crippen LogP contribution in [0, 0.1) is 11.8 Å². The van der Waals surface area contributed by atoms with Crippen LogP contribution in [-0.4, -0.2) is 35.1 Å². The summed E-state index contributed by atoms with van der Waals surface area (Å²) in [5.41, 5.74) is 5.61. The van der Waals surface area contributed by atoms with E-state index in [0.717, 1.165) is 0 Å². The van der Waals surface area contributed by atoms with Gasteiger partial charge in [-0.05, 0) is 12.1 Å². The standard InChI is InChI=1S/C12H15N3O3/c1-7(12(17)18)9-5-15(6-9)10-4-8(11(13)16)2-3-14-10/h2-4,7,9H,5-6H2,1H3,(H2,13,16)(H,17,18). The Kier molecular flexibility index (Phi) is 3.18. The number of carbonyl (C=O) groups excluding carboxylic acids is 1. The van der Waals surface area contributed by atoms with E-state index in [9.17, 15) is 9.59 Å². The molecule has 0 saturated carbocycles. The first kappa shape index (κ1) is 12.3. The van der Waals surface area contributed by atoms with E-state index in [2.05, 4.69) is 4.98 Å². The molecule has 2 heterocycles. The summed E-state index contributed by atoms with van der Waals surface area (Å²) in [7, 11) is 0. The van der Waals surface area contributed by atoms with Gasteiger partial charge in [0.15, 0.2) is 0 Å². The van der Waals surface area contributed by atoms with Gasteiger partial charge in [-0.25, -0.2) is 4.98 Å². The molecule has 1 aromatic heterocycles. The van der Waals surface area contributed by atoms with Gasteiger partial charge in [-0.15, -0.1) is 0 Å². The molecular formula is C12H15N3O3. The fourth-order valence-corrected chi connectivity index (χ4v) is 1.96. The lowest BCUT2D eigenvalue weighted by Gasteiger charge is -2.42. The summed E-state index contributed by atoms with van der Waals surface area (Å²) in [6.07, 6.45) is 1.53. The van der Waals surface area contributed by atoms with Crippen molar-refractivity contribution in [3.05, 3.63) is 23.9 Å². The number of pyridine rings is 1. The Hall–Kier alpha value is -2.11. The third-order valence-corrected chi connectivity index (χ3v) is 3.36. The van der Waals surface area contributed by atoms with Crippen LogP contribution in [0.3, 0.4) is 0 Å². The van der Waals surface area contributed by atoms with E-state index < -0.39 is 11.9 Å². The minimum absolute atomic E-state index is 0.126. The number of anilines is 1. The van der Waals surface area contributed by atoms with Crippen molar-refractivity contribution in [2.75, 3.05) is 18.0 Å². The molecule has 1 atom stereocenters. The maximum absolute atomic E-state index is 11.0. The quantitative estimate of drug-likeness (QED) is 0.802. The van der Waals surface area contributed by atoms with Crippen LogP contribution in [0.5, 0.6) is 0 Å². The third kappa shape index (κ3) is 2.27. The van der Waals surface area contributed by atoms with E-state index in [-0.39, 0.29) is 11.8 Å². The summed E-state index contributed by atoms with van der Waals surface area (Å²) in [6, 6.07) is 3.19. The number of primary amides is 1. The van der Waals surface area contributed by atoms with Crippen molar-refractivity contribution in [3.8, 4) is 0 Å². The predicted octanol–water partition coefficient (Wildman–Crippen LogP) is 0.337. The van der Waals surface area contributed by atoms with Crippen LogP contribution < -0.4 is 10.6 Å². The van der Waals surface area contributed by atoms with Gasteiger partial charge < -0.3 is 15.7 Å². The van der Waals surface area contributed by atoms with Gasteiger partial charge in [0.1, 0.15) is 5.82 Å². The number of aromatic nitrogens is 1. The van der Waals surface area contributed by atoms with Gasteiger partial charge in [-0.1, -0.05) is 6.92 Å². The van der Waals surface area contributed by atoms with Crippen molar-refractivity contribution in [2.45, 2.75) is 6.92 Å². The summed E-state index contributed by atoms with van der Waals surface area (Å²) < 4.78 is 0. The van der Waals surface area contributed by atoms with Crippen LogP contribution in [-0.2, 0) is 4.79 Å². The Morgan fingerprint density at radius 2 is 2.22 bits per heavy atom. The second-order valence-corrected chi connectivity index (χ2v) is 4.56. The van der Waals surface area contributed by atoms with Crippen LogP contribution in [0.15, 0.2) is 18.3 Å². The van der Waals surface area contributed by atoms with Crippen molar-refractivity contribution in [1.82, 2.24) is 4.98 Å². The van der Waals surface area contributed by atoms with E-state index in [1.807, 2.05) is 4.90 Å². The number of carboxylic acid groups (broad SMARTS) is 1. The molecule has 18 heavy (non-hydrogen) atoms. The topological polar surface area (TPSA) is 96.5 Å². The van der Waals surface area contributed by atoms with E-state index in [4.69, 9.17) is 10.8 Å². The molecule has 0 aliphatic carbocycles. The number of carbonyl (C=O) groups is 2. The fraction of sp³-hybridized carbons (Fsp3) is 0.417. The van der Waals surface area contributed by atoms with Gasteiger partial charge in [0, 0.05) is 30.8 Å². The number of rotatable bonds is 4. The molecular weight excluding hydrogens is 234 g/mol. The van der Waals surface area contributed by atoms with Crippen molar-refractivity contribution < 1.29 is 14.7 Å². The molecule has 1 fully saturated rings. The number of hydrogen-bond acceptors (Lipinski definition) is 4. The average molecular weight is 249 g/mol. The van der Waals surface area contributed by atoms with Crippen LogP contribution in [0.1, 0.15) is 17.3 Å². The largest absolute Gasteiger partial charge is 0.481 e. The van der Waals surface area contributed by atoms with E-state index in [1.54, 1.807) is 19.1 Å². The highest BCUT2D eigenvalue weighted by Gasteiger charge is 2.35. The minimum atomic E-state index is -0.779. The monoisotopic (exact) mass is 249 g/mol. The number of aliphatic carboxylic acids is 1. The zero-order valence-electron chi connectivity index (χ0n) is 10.0. The zero-order valence-corrected chi connectivity index (χ0v) is 10.0. The second kappa shape index (κ2) is 4.64. The lowest BCUT2D eigenvalue weighted by atomic mass is 9.87. The zero-order chi connectivity index (χ0) is 13.3. The number of nitrogens with two attached hydrogens (primary N) is 1. The summed E-state index contributed by atoms with van der Waals surface area (Å²) in [6.45, 7) is 2.99. The van der Waals surface area contributed by atoms with Gasteiger partial charge in [0.25, 0.3) is 0 Å². The lowest BCUT2D eigenvalue weighted by Crippen LogP contribution is -2.51. The van der Waals surface area contributed by atoms with Gasteiger partial charge in [0.2, 0.25) is 5.91 Å². The van der Waals surface area contributed by atoms with Gasteiger partial charge in [0.05, 0.1) is 5.92 Å². The van der Waals surface area contributed by atoms with Gasteiger partial charge in [-0.3, -0.25) is 9.59 Å². The highest BCUT2D eigenvalue weighted by molar-refractivity contribution is 5.93. The van der Waals surface area contributed by atoms with Crippen LogP contribution in [0.25, 0.3) is 0 Å². The summed E-state index contributed by atoms with van der Waals surface area (Å²) in [5, 5.41) is 8.90. The Morgan fingerprint density at radius 3 is 2.78 bits per heavy atom. The number of hydrogen-bond donors (Lipinski definition) is 2. The fourth-order valence-electron chi connectivity index (χ4n) is 1.96. The SMILES string of the molecule is CC(C(=O)O)C1CN(c2cc(C(N)=O)ccn2)C1. The molecule has 6 nitrogen and oxygen atoms in total. The summed E-state index contributed by atoms with van der Waals surface area (Å²) >= 11 is 0. The first-order valence-corrected chi connectivity index (χ1v) is 5.72. The number of amides is 1. The molecule has 2 rings (SSSR count). The molecule has 1 aliphatic rings. The number of nitrogens with zero attached hydrogens (tertiary/aromatic N) is 2. The summed E-state index contributed by atoms with van der Waals surface area (Å²) in [5.74, 6) is -0.838. The molecule has 0 bridgehead atoms. The highest BCUT2D eigenvalue weighted by atomic mass is 16.4. The van der Waals surface area contributed by atoms with Crippen molar-refractivity contribution in [2.24, 2.45) is 17.6 Å². The molecule has 0 aromatic carbocycles. The molecule has 1 saturated heterocycles. The molecule has 6 heteroatoms.